The molecule has 1 fully saturated rings. The van der Waals surface area contributed by atoms with E-state index in [9.17, 15) is 13.2 Å². The summed E-state index contributed by atoms with van der Waals surface area (Å²) in [6.45, 7) is 6.10. The van der Waals surface area contributed by atoms with Crippen LogP contribution in [0.25, 0.3) is 11.1 Å². The predicted molar refractivity (Wildman–Crippen MR) is 72.8 cm³/mol. The van der Waals surface area contributed by atoms with Crippen LogP contribution < -0.4 is 0 Å². The lowest BCUT2D eigenvalue weighted by Crippen LogP contribution is -2.20. The fourth-order valence-corrected chi connectivity index (χ4v) is 2.93. The highest BCUT2D eigenvalue weighted by Crippen LogP contribution is 2.36. The number of likely N-dealkylation sites (tertiary alicyclic amines) is 1. The Morgan fingerprint density at radius 1 is 1.38 bits per heavy atom. The van der Waals surface area contributed by atoms with Crippen molar-refractivity contribution in [3.8, 4) is 0 Å². The maximum atomic E-state index is 13.2. The van der Waals surface area contributed by atoms with Crippen LogP contribution in [0, 0.1) is 12.8 Å². The molecule has 2 aromatic rings. The number of fused-ring (bicyclic) bond motifs is 1. The Balaban J connectivity index is 1.99. The quantitative estimate of drug-likeness (QED) is 0.839. The number of alkyl halides is 3. The molecule has 0 bridgehead atoms. The van der Waals surface area contributed by atoms with E-state index in [1.54, 1.807) is 13.0 Å². The first-order chi connectivity index (χ1) is 9.83. The molecule has 3 rings (SSSR count). The van der Waals surface area contributed by atoms with Crippen molar-refractivity contribution in [3.63, 3.8) is 0 Å². The van der Waals surface area contributed by atoms with Gasteiger partial charge >= 0.3 is 6.18 Å². The van der Waals surface area contributed by atoms with E-state index in [-0.39, 0.29) is 17.0 Å². The average Bonchev–Trinajstić information content (AvgIpc) is 2.92. The number of aromatic nitrogens is 1. The molecule has 114 valence electrons. The highest BCUT2D eigenvalue weighted by Gasteiger charge is 2.35. The van der Waals surface area contributed by atoms with Gasteiger partial charge < -0.3 is 4.42 Å². The van der Waals surface area contributed by atoms with Crippen LogP contribution in [0.4, 0.5) is 13.2 Å². The molecule has 0 amide bonds. The SMILES string of the molecule is Cc1nc2cc(CN3CC[C@@H](C)C3)cc(C(F)(F)F)c2o1. The van der Waals surface area contributed by atoms with E-state index in [0.717, 1.165) is 19.5 Å². The monoisotopic (exact) mass is 298 g/mol. The summed E-state index contributed by atoms with van der Waals surface area (Å²) in [5.41, 5.74) is 0.0168. The zero-order valence-corrected chi connectivity index (χ0v) is 12.0. The third-order valence-electron chi connectivity index (χ3n) is 3.88. The number of rotatable bonds is 2. The summed E-state index contributed by atoms with van der Waals surface area (Å²) in [4.78, 5) is 6.23. The van der Waals surface area contributed by atoms with Gasteiger partial charge in [0.15, 0.2) is 11.5 Å². The second-order valence-corrected chi connectivity index (χ2v) is 5.85. The summed E-state index contributed by atoms with van der Waals surface area (Å²) in [5.74, 6) is 0.854. The van der Waals surface area contributed by atoms with Crippen molar-refractivity contribution in [1.29, 1.82) is 0 Å². The third-order valence-corrected chi connectivity index (χ3v) is 3.88. The molecule has 0 N–H and O–H groups in total. The third kappa shape index (κ3) is 2.90. The number of benzene rings is 1. The molecule has 0 unspecified atom stereocenters. The van der Waals surface area contributed by atoms with Crippen LogP contribution in [-0.4, -0.2) is 23.0 Å². The normalized spacial score (nSPS) is 20.5. The van der Waals surface area contributed by atoms with Crippen molar-refractivity contribution in [1.82, 2.24) is 9.88 Å². The minimum atomic E-state index is -4.43. The molecule has 0 aliphatic carbocycles. The van der Waals surface area contributed by atoms with Crippen molar-refractivity contribution in [2.24, 2.45) is 5.92 Å². The summed E-state index contributed by atoms with van der Waals surface area (Å²) in [6.07, 6.45) is -3.34. The molecular formula is C15H17F3N2O. The van der Waals surface area contributed by atoms with Crippen LogP contribution in [0.5, 0.6) is 0 Å². The largest absolute Gasteiger partial charge is 0.440 e. The second kappa shape index (κ2) is 5.02. The van der Waals surface area contributed by atoms with Gasteiger partial charge in [-0.2, -0.15) is 13.2 Å². The lowest BCUT2D eigenvalue weighted by atomic mass is 10.1. The van der Waals surface area contributed by atoms with Gasteiger partial charge in [0.25, 0.3) is 0 Å². The molecule has 0 spiro atoms. The van der Waals surface area contributed by atoms with E-state index >= 15 is 0 Å². The van der Waals surface area contributed by atoms with Gasteiger partial charge in [-0.3, -0.25) is 4.90 Å². The predicted octanol–water partition coefficient (Wildman–Crippen LogP) is 4.00. The summed E-state index contributed by atoms with van der Waals surface area (Å²) >= 11 is 0. The fourth-order valence-electron chi connectivity index (χ4n) is 2.93. The standard InChI is InChI=1S/C15H17F3N2O/c1-9-3-4-20(7-9)8-11-5-12(15(16,17)18)14-13(6-11)19-10(2)21-14/h5-6,9H,3-4,7-8H2,1-2H3/t9-/m1/s1. The summed E-state index contributed by atoms with van der Waals surface area (Å²) in [6, 6.07) is 2.89. The maximum Gasteiger partial charge on any atom is 0.420 e. The van der Waals surface area contributed by atoms with Crippen molar-refractivity contribution < 1.29 is 17.6 Å². The molecule has 1 atom stereocenters. The Kier molecular flexibility index (Phi) is 3.43. The van der Waals surface area contributed by atoms with E-state index < -0.39 is 11.7 Å². The highest BCUT2D eigenvalue weighted by atomic mass is 19.4. The van der Waals surface area contributed by atoms with E-state index in [2.05, 4.69) is 16.8 Å². The van der Waals surface area contributed by atoms with Crippen LogP contribution >= 0.6 is 0 Å². The molecule has 1 saturated heterocycles. The number of hydrogen-bond donors (Lipinski definition) is 0. The van der Waals surface area contributed by atoms with Crippen LogP contribution in [0.2, 0.25) is 0 Å². The van der Waals surface area contributed by atoms with Gasteiger partial charge in [0, 0.05) is 20.0 Å². The smallest absolute Gasteiger partial charge is 0.420 e. The van der Waals surface area contributed by atoms with Crippen molar-refractivity contribution >= 4 is 11.1 Å². The number of oxazole rings is 1. The van der Waals surface area contributed by atoms with Crippen molar-refractivity contribution in [3.05, 3.63) is 29.2 Å². The molecule has 0 saturated carbocycles. The van der Waals surface area contributed by atoms with Gasteiger partial charge in [0.1, 0.15) is 11.1 Å². The van der Waals surface area contributed by atoms with E-state index in [4.69, 9.17) is 4.42 Å². The summed E-state index contributed by atoms with van der Waals surface area (Å²) in [7, 11) is 0. The molecule has 3 nitrogen and oxygen atoms in total. The van der Waals surface area contributed by atoms with E-state index in [1.807, 2.05) is 0 Å². The minimum absolute atomic E-state index is 0.168. The number of nitrogens with zero attached hydrogens (tertiary/aromatic N) is 2. The zero-order valence-electron chi connectivity index (χ0n) is 12.0. The molecule has 1 aromatic carbocycles. The van der Waals surface area contributed by atoms with Crippen LogP contribution in [0.1, 0.15) is 30.4 Å². The number of hydrogen-bond acceptors (Lipinski definition) is 3. The Hall–Kier alpha value is -1.56. The summed E-state index contributed by atoms with van der Waals surface area (Å²) < 4.78 is 44.7. The fraction of sp³-hybridized carbons (Fsp3) is 0.533. The maximum absolute atomic E-state index is 13.2. The van der Waals surface area contributed by atoms with Crippen LogP contribution in [-0.2, 0) is 12.7 Å². The molecule has 0 radical (unpaired) electrons. The molecule has 21 heavy (non-hydrogen) atoms. The first-order valence-electron chi connectivity index (χ1n) is 7.02. The highest BCUT2D eigenvalue weighted by molar-refractivity contribution is 5.78. The molecule has 1 aliphatic heterocycles. The first kappa shape index (κ1) is 14.4. The van der Waals surface area contributed by atoms with E-state index in [1.165, 1.54) is 6.07 Å². The Labute approximate surface area is 120 Å². The molecule has 1 aliphatic rings. The van der Waals surface area contributed by atoms with Gasteiger partial charge in [-0.25, -0.2) is 4.98 Å². The van der Waals surface area contributed by atoms with Gasteiger partial charge in [-0.05, 0) is 36.6 Å². The van der Waals surface area contributed by atoms with Gasteiger partial charge in [0.05, 0.1) is 0 Å². The molecule has 1 aromatic heterocycles. The molecule has 6 heteroatoms. The van der Waals surface area contributed by atoms with E-state index in [0.29, 0.717) is 18.0 Å². The second-order valence-electron chi connectivity index (χ2n) is 5.85. The number of aryl methyl sites for hydroxylation is 1. The Morgan fingerprint density at radius 3 is 2.76 bits per heavy atom. The first-order valence-corrected chi connectivity index (χ1v) is 7.02. The van der Waals surface area contributed by atoms with Gasteiger partial charge in [-0.15, -0.1) is 0 Å². The van der Waals surface area contributed by atoms with Crippen LogP contribution in [0.3, 0.4) is 0 Å². The zero-order chi connectivity index (χ0) is 15.2. The van der Waals surface area contributed by atoms with Crippen molar-refractivity contribution in [2.75, 3.05) is 13.1 Å². The summed E-state index contributed by atoms with van der Waals surface area (Å²) in [5, 5.41) is 0. The Bertz CT molecular complexity index is 663. The van der Waals surface area contributed by atoms with Crippen molar-refractivity contribution in [2.45, 2.75) is 33.0 Å². The van der Waals surface area contributed by atoms with Gasteiger partial charge in [-0.1, -0.05) is 6.92 Å². The topological polar surface area (TPSA) is 29.3 Å². The average molecular weight is 298 g/mol. The Morgan fingerprint density at radius 2 is 2.14 bits per heavy atom. The lowest BCUT2D eigenvalue weighted by molar-refractivity contribution is -0.136. The molecule has 2 heterocycles. The number of halogens is 3. The van der Waals surface area contributed by atoms with Gasteiger partial charge in [0.2, 0.25) is 0 Å². The molecular weight excluding hydrogens is 281 g/mol. The lowest BCUT2D eigenvalue weighted by Gasteiger charge is -2.16. The minimum Gasteiger partial charge on any atom is -0.440 e. The van der Waals surface area contributed by atoms with Crippen LogP contribution in [0.15, 0.2) is 16.5 Å².